The maximum Gasteiger partial charge on any atom is 0.342 e. The zero-order valence-corrected chi connectivity index (χ0v) is 9.40. The van der Waals surface area contributed by atoms with E-state index in [-0.39, 0.29) is 12.4 Å². The second-order valence-corrected chi connectivity index (χ2v) is 4.37. The standard InChI is InChI=1S/C10H16N4O3/c15-5-7-3-1-2-6(7)4-11-8-9(16)12-10(17)14-13-8/h6-7,15H,1-5H2,(H,11,13)(H2,12,14,16,17). The van der Waals surface area contributed by atoms with Crippen molar-refractivity contribution in [3.63, 3.8) is 0 Å². The van der Waals surface area contributed by atoms with Gasteiger partial charge in [0.25, 0.3) is 5.56 Å². The van der Waals surface area contributed by atoms with E-state index in [0.717, 1.165) is 19.3 Å². The normalized spacial score (nSPS) is 23.8. The number of hydrogen-bond donors (Lipinski definition) is 4. The third-order valence-corrected chi connectivity index (χ3v) is 3.29. The molecule has 0 aliphatic heterocycles. The third kappa shape index (κ3) is 2.73. The number of aromatic amines is 2. The summed E-state index contributed by atoms with van der Waals surface area (Å²) < 4.78 is 0. The van der Waals surface area contributed by atoms with Crippen LogP contribution in [0.25, 0.3) is 0 Å². The molecule has 1 saturated carbocycles. The smallest absolute Gasteiger partial charge is 0.342 e. The van der Waals surface area contributed by atoms with E-state index in [4.69, 9.17) is 5.11 Å². The van der Waals surface area contributed by atoms with Gasteiger partial charge in [0, 0.05) is 13.2 Å². The topological polar surface area (TPSA) is 111 Å². The van der Waals surface area contributed by atoms with Crippen molar-refractivity contribution in [3.8, 4) is 0 Å². The summed E-state index contributed by atoms with van der Waals surface area (Å²) in [5.74, 6) is 0.769. The molecular formula is C10H16N4O3. The molecule has 1 aliphatic carbocycles. The highest BCUT2D eigenvalue weighted by Crippen LogP contribution is 2.30. The molecule has 0 saturated heterocycles. The lowest BCUT2D eigenvalue weighted by Crippen LogP contribution is -2.29. The lowest BCUT2D eigenvalue weighted by Gasteiger charge is -2.17. The number of anilines is 1. The summed E-state index contributed by atoms with van der Waals surface area (Å²) in [6, 6.07) is 0. The number of aliphatic hydroxyl groups is 1. The summed E-state index contributed by atoms with van der Waals surface area (Å²) in [5.41, 5.74) is -1.14. The SMILES string of the molecule is O=c1[nH]nc(NCC2CCCC2CO)c(=O)[nH]1. The number of hydrogen-bond acceptors (Lipinski definition) is 5. The molecule has 1 aliphatic rings. The van der Waals surface area contributed by atoms with Crippen LogP contribution in [0.15, 0.2) is 9.59 Å². The zero-order valence-electron chi connectivity index (χ0n) is 9.40. The minimum absolute atomic E-state index is 0.119. The molecule has 1 aromatic heterocycles. The molecule has 0 radical (unpaired) electrons. The molecule has 1 aromatic rings. The molecule has 0 amide bonds. The fourth-order valence-corrected chi connectivity index (χ4v) is 2.32. The van der Waals surface area contributed by atoms with Gasteiger partial charge in [-0.25, -0.2) is 9.89 Å². The van der Waals surface area contributed by atoms with E-state index in [1.807, 2.05) is 0 Å². The van der Waals surface area contributed by atoms with Crippen LogP contribution in [0.1, 0.15) is 19.3 Å². The van der Waals surface area contributed by atoms with Crippen LogP contribution in [0.3, 0.4) is 0 Å². The highest BCUT2D eigenvalue weighted by molar-refractivity contribution is 5.28. The fourth-order valence-electron chi connectivity index (χ4n) is 2.32. The van der Waals surface area contributed by atoms with Gasteiger partial charge in [0.05, 0.1) is 0 Å². The first-order valence-corrected chi connectivity index (χ1v) is 5.74. The Morgan fingerprint density at radius 1 is 1.35 bits per heavy atom. The second kappa shape index (κ2) is 5.13. The molecule has 0 bridgehead atoms. The van der Waals surface area contributed by atoms with Gasteiger partial charge in [-0.2, -0.15) is 0 Å². The van der Waals surface area contributed by atoms with E-state index >= 15 is 0 Å². The number of rotatable bonds is 4. The summed E-state index contributed by atoms with van der Waals surface area (Å²) in [6.45, 7) is 0.773. The Morgan fingerprint density at radius 2 is 2.12 bits per heavy atom. The monoisotopic (exact) mass is 240 g/mol. The Kier molecular flexibility index (Phi) is 3.58. The Hall–Kier alpha value is -1.63. The summed E-state index contributed by atoms with van der Waals surface area (Å²) >= 11 is 0. The maximum absolute atomic E-state index is 11.3. The van der Waals surface area contributed by atoms with Crippen molar-refractivity contribution < 1.29 is 5.11 Å². The lowest BCUT2D eigenvalue weighted by atomic mass is 9.97. The molecule has 7 nitrogen and oxygen atoms in total. The Labute approximate surface area is 97.3 Å². The van der Waals surface area contributed by atoms with Crippen molar-refractivity contribution >= 4 is 5.82 Å². The first-order valence-electron chi connectivity index (χ1n) is 5.74. The molecule has 17 heavy (non-hydrogen) atoms. The largest absolute Gasteiger partial charge is 0.396 e. The van der Waals surface area contributed by atoms with Crippen LogP contribution >= 0.6 is 0 Å². The van der Waals surface area contributed by atoms with Gasteiger partial charge in [-0.15, -0.1) is 5.10 Å². The van der Waals surface area contributed by atoms with Gasteiger partial charge in [-0.1, -0.05) is 6.42 Å². The number of aromatic nitrogens is 3. The molecule has 94 valence electrons. The number of H-pyrrole nitrogens is 2. The van der Waals surface area contributed by atoms with Crippen LogP contribution in [-0.2, 0) is 0 Å². The lowest BCUT2D eigenvalue weighted by molar-refractivity contribution is 0.199. The van der Waals surface area contributed by atoms with Gasteiger partial charge in [0.2, 0.25) is 5.82 Å². The van der Waals surface area contributed by atoms with Crippen molar-refractivity contribution in [2.24, 2.45) is 11.8 Å². The van der Waals surface area contributed by atoms with E-state index in [1.54, 1.807) is 0 Å². The minimum atomic E-state index is -0.616. The Bertz CT molecular complexity index is 481. The van der Waals surface area contributed by atoms with Gasteiger partial charge < -0.3 is 10.4 Å². The van der Waals surface area contributed by atoms with Crippen molar-refractivity contribution in [1.82, 2.24) is 15.2 Å². The first kappa shape index (κ1) is 11.8. The van der Waals surface area contributed by atoms with Crippen molar-refractivity contribution in [2.75, 3.05) is 18.5 Å². The molecule has 1 heterocycles. The van der Waals surface area contributed by atoms with Gasteiger partial charge in [-0.05, 0) is 24.7 Å². The average molecular weight is 240 g/mol. The van der Waals surface area contributed by atoms with Gasteiger partial charge in [-0.3, -0.25) is 9.78 Å². The second-order valence-electron chi connectivity index (χ2n) is 4.37. The first-order chi connectivity index (χ1) is 8.20. The average Bonchev–Trinajstić information content (AvgIpc) is 2.75. The molecule has 2 atom stereocenters. The van der Waals surface area contributed by atoms with Crippen molar-refractivity contribution in [2.45, 2.75) is 19.3 Å². The van der Waals surface area contributed by atoms with Gasteiger partial charge >= 0.3 is 5.69 Å². The van der Waals surface area contributed by atoms with E-state index in [0.29, 0.717) is 18.4 Å². The van der Waals surface area contributed by atoms with E-state index < -0.39 is 11.2 Å². The van der Waals surface area contributed by atoms with E-state index in [9.17, 15) is 9.59 Å². The minimum Gasteiger partial charge on any atom is -0.396 e. The number of nitrogens with zero attached hydrogens (tertiary/aromatic N) is 1. The van der Waals surface area contributed by atoms with Crippen LogP contribution < -0.4 is 16.6 Å². The summed E-state index contributed by atoms with van der Waals surface area (Å²) in [5, 5.41) is 17.9. The van der Waals surface area contributed by atoms with Gasteiger partial charge in [0.15, 0.2) is 0 Å². The molecule has 0 spiro atoms. The predicted octanol–water partition coefficient (Wildman–Crippen LogP) is -0.721. The molecule has 2 rings (SSSR count). The maximum atomic E-state index is 11.3. The molecule has 0 aromatic carbocycles. The molecule has 1 fully saturated rings. The van der Waals surface area contributed by atoms with Gasteiger partial charge in [0.1, 0.15) is 0 Å². The van der Waals surface area contributed by atoms with Crippen LogP contribution in [-0.4, -0.2) is 33.4 Å². The third-order valence-electron chi connectivity index (χ3n) is 3.29. The van der Waals surface area contributed by atoms with Crippen LogP contribution in [0.5, 0.6) is 0 Å². The molecule has 7 heteroatoms. The summed E-state index contributed by atoms with van der Waals surface area (Å²) in [6.07, 6.45) is 3.17. The highest BCUT2D eigenvalue weighted by atomic mass is 16.3. The highest BCUT2D eigenvalue weighted by Gasteiger charge is 2.26. The van der Waals surface area contributed by atoms with Crippen molar-refractivity contribution in [1.29, 1.82) is 0 Å². The Balaban J connectivity index is 1.98. The molecular weight excluding hydrogens is 224 g/mol. The fraction of sp³-hybridized carbons (Fsp3) is 0.700. The van der Waals surface area contributed by atoms with E-state index in [2.05, 4.69) is 20.5 Å². The van der Waals surface area contributed by atoms with Crippen LogP contribution in [0.2, 0.25) is 0 Å². The van der Waals surface area contributed by atoms with Crippen molar-refractivity contribution in [3.05, 3.63) is 20.8 Å². The molecule has 4 N–H and O–H groups in total. The Morgan fingerprint density at radius 3 is 2.82 bits per heavy atom. The summed E-state index contributed by atoms with van der Waals surface area (Å²) in [7, 11) is 0. The number of nitrogens with one attached hydrogen (secondary N) is 3. The molecule has 2 unspecified atom stereocenters. The predicted molar refractivity (Wildman–Crippen MR) is 61.9 cm³/mol. The zero-order chi connectivity index (χ0) is 12.3. The number of aliphatic hydroxyl groups excluding tert-OH is 1. The summed E-state index contributed by atoms with van der Waals surface area (Å²) in [4.78, 5) is 24.2. The van der Waals surface area contributed by atoms with E-state index in [1.165, 1.54) is 0 Å². The van der Waals surface area contributed by atoms with Crippen LogP contribution in [0.4, 0.5) is 5.82 Å². The quantitative estimate of drug-likeness (QED) is 0.555. The van der Waals surface area contributed by atoms with Crippen LogP contribution in [0, 0.1) is 11.8 Å².